The summed E-state index contributed by atoms with van der Waals surface area (Å²) < 4.78 is 42.1. The summed E-state index contributed by atoms with van der Waals surface area (Å²) in [6.45, 7) is 2.56. The molecule has 2 rings (SSSR count). The number of benzene rings is 2. The molecule has 8 N–H and O–H groups in total. The molecule has 0 aliphatic rings. The van der Waals surface area contributed by atoms with Crippen molar-refractivity contribution in [3.05, 3.63) is 71.8 Å². The van der Waals surface area contributed by atoms with E-state index in [0.29, 0.717) is 32.2 Å². The van der Waals surface area contributed by atoms with Gasteiger partial charge in [-0.15, -0.1) is 0 Å². The quantitative estimate of drug-likeness (QED) is 0.0768. The largest absolute Gasteiger partial charge is 0.490 e. The molecule has 2 aromatic rings. The van der Waals surface area contributed by atoms with E-state index in [-0.39, 0.29) is 39.0 Å². The van der Waals surface area contributed by atoms with Gasteiger partial charge in [-0.1, -0.05) is 60.7 Å². The zero-order valence-corrected chi connectivity index (χ0v) is 28.7. The summed E-state index contributed by atoms with van der Waals surface area (Å²) in [6.07, 6.45) is -3.23. The van der Waals surface area contributed by atoms with Gasteiger partial charge in [0, 0.05) is 13.0 Å². The van der Waals surface area contributed by atoms with Crippen LogP contribution in [0.2, 0.25) is 0 Å². The highest BCUT2D eigenvalue weighted by molar-refractivity contribution is 5.91. The van der Waals surface area contributed by atoms with Gasteiger partial charge in [0.1, 0.15) is 24.7 Å². The smallest absolute Gasteiger partial charge is 0.480 e. The summed E-state index contributed by atoms with van der Waals surface area (Å²) in [7, 11) is 0. The minimum absolute atomic E-state index is 0.117. The van der Waals surface area contributed by atoms with Gasteiger partial charge in [-0.05, 0) is 63.1 Å². The number of nitrogens with one attached hydrogen (secondary N) is 4. The molecule has 288 valence electrons. The van der Waals surface area contributed by atoms with Gasteiger partial charge in [-0.3, -0.25) is 4.79 Å². The Balaban J connectivity index is 0.00000174. The number of amides is 4. The maximum Gasteiger partial charge on any atom is 0.490 e. The third-order valence-electron chi connectivity index (χ3n) is 6.99. The number of alkyl carbamates (subject to hydrolysis) is 1. The van der Waals surface area contributed by atoms with Crippen LogP contribution in [0.25, 0.3) is 0 Å². The number of hydrogen-bond acceptors (Lipinski definition) is 9. The van der Waals surface area contributed by atoms with Crippen molar-refractivity contribution in [1.29, 1.82) is 0 Å². The van der Waals surface area contributed by atoms with Crippen LogP contribution < -0.4 is 27.0 Å². The van der Waals surface area contributed by atoms with Crippen LogP contribution in [0.4, 0.5) is 22.8 Å². The maximum atomic E-state index is 13.4. The second-order valence-corrected chi connectivity index (χ2v) is 11.1. The fourth-order valence-corrected chi connectivity index (χ4v) is 4.37. The van der Waals surface area contributed by atoms with E-state index in [1.54, 1.807) is 6.92 Å². The molecule has 52 heavy (non-hydrogen) atoms. The average molecular weight is 742 g/mol. The maximum absolute atomic E-state index is 13.4. The van der Waals surface area contributed by atoms with Gasteiger partial charge in [0.15, 0.2) is 0 Å². The molecule has 4 amide bonds. The van der Waals surface area contributed by atoms with Crippen LogP contribution in [0, 0.1) is 0 Å². The lowest BCUT2D eigenvalue weighted by Gasteiger charge is -2.24. The molecule has 1 unspecified atom stereocenters. The first-order valence-corrected chi connectivity index (χ1v) is 16.4. The first-order chi connectivity index (χ1) is 24.7. The first kappa shape index (κ1) is 44.6. The van der Waals surface area contributed by atoms with Crippen LogP contribution in [-0.4, -0.2) is 90.2 Å². The number of ether oxygens (including phenoxy) is 2. The predicted octanol–water partition coefficient (Wildman–Crippen LogP) is 3.26. The van der Waals surface area contributed by atoms with Crippen LogP contribution in [0.3, 0.4) is 0 Å². The zero-order valence-electron chi connectivity index (χ0n) is 28.7. The molecule has 0 saturated carbocycles. The fourth-order valence-electron chi connectivity index (χ4n) is 4.37. The highest BCUT2D eigenvalue weighted by atomic mass is 19.4. The minimum atomic E-state index is -5.08. The lowest BCUT2D eigenvalue weighted by molar-refractivity contribution is -0.192. The second kappa shape index (κ2) is 24.7. The van der Waals surface area contributed by atoms with Gasteiger partial charge < -0.3 is 46.7 Å². The van der Waals surface area contributed by atoms with E-state index in [1.165, 1.54) is 0 Å². The van der Waals surface area contributed by atoms with Crippen molar-refractivity contribution in [3.8, 4) is 0 Å². The Morgan fingerprint density at radius 3 is 1.83 bits per heavy atom. The van der Waals surface area contributed by atoms with E-state index < -0.39 is 60.2 Å². The lowest BCUT2D eigenvalue weighted by atomic mass is 10.0. The summed E-state index contributed by atoms with van der Waals surface area (Å²) in [5, 5.41) is 27.0. The Labute approximate surface area is 298 Å². The zero-order chi connectivity index (χ0) is 38.9. The number of carboxylic acid groups (broad SMARTS) is 2. The van der Waals surface area contributed by atoms with E-state index in [9.17, 15) is 42.3 Å². The van der Waals surface area contributed by atoms with Crippen molar-refractivity contribution < 1.29 is 61.6 Å². The molecule has 0 spiro atoms. The Hall–Kier alpha value is -5.39. The highest BCUT2D eigenvalue weighted by Crippen LogP contribution is 2.13. The van der Waals surface area contributed by atoms with E-state index >= 15 is 0 Å². The molecule has 2 aromatic carbocycles. The van der Waals surface area contributed by atoms with E-state index in [1.807, 2.05) is 60.7 Å². The minimum Gasteiger partial charge on any atom is -0.480 e. The van der Waals surface area contributed by atoms with Crippen molar-refractivity contribution in [2.45, 2.75) is 82.8 Å². The topological polar surface area (TPSA) is 235 Å². The molecule has 18 heteroatoms. The number of carbonyl (C=O) groups is 6. The van der Waals surface area contributed by atoms with Crippen molar-refractivity contribution >= 4 is 35.9 Å². The summed E-state index contributed by atoms with van der Waals surface area (Å²) in [5.74, 6) is -5.22. The predicted molar refractivity (Wildman–Crippen MR) is 181 cm³/mol. The molecule has 0 aliphatic heterocycles. The van der Waals surface area contributed by atoms with Gasteiger partial charge in [0.2, 0.25) is 5.91 Å². The van der Waals surface area contributed by atoms with E-state index in [2.05, 4.69) is 21.3 Å². The van der Waals surface area contributed by atoms with Gasteiger partial charge in [-0.25, -0.2) is 24.0 Å². The molecule has 3 atom stereocenters. The molecule has 0 aromatic heterocycles. The molecule has 0 saturated heterocycles. The molecular formula is C34H46F3N5O10. The fraction of sp³-hybridized carbons (Fsp3) is 0.471. The number of urea groups is 1. The van der Waals surface area contributed by atoms with Crippen molar-refractivity contribution in [3.63, 3.8) is 0 Å². The Morgan fingerprint density at radius 2 is 1.29 bits per heavy atom. The van der Waals surface area contributed by atoms with Crippen LogP contribution in [0.15, 0.2) is 60.7 Å². The number of carboxylic acids is 2. The summed E-state index contributed by atoms with van der Waals surface area (Å²) in [4.78, 5) is 71.6. The van der Waals surface area contributed by atoms with Crippen molar-refractivity contribution in [2.75, 3.05) is 19.7 Å². The van der Waals surface area contributed by atoms with Crippen molar-refractivity contribution in [1.82, 2.24) is 21.3 Å². The SMILES string of the molecule is CCOC(=O)C(Cc1ccccc1)NC(=O)[C@@H](CCCCNC(=O)OCc1ccccc1)NC(=O)N[C@@H](CCCCN)C(=O)O.O=C(O)C(F)(F)F. The van der Waals surface area contributed by atoms with Crippen LogP contribution >= 0.6 is 0 Å². The number of halogens is 3. The number of nitrogens with two attached hydrogens (primary N) is 1. The third-order valence-corrected chi connectivity index (χ3v) is 6.99. The van der Waals surface area contributed by atoms with Gasteiger partial charge in [0.25, 0.3) is 0 Å². The van der Waals surface area contributed by atoms with E-state index in [0.717, 1.165) is 11.1 Å². The van der Waals surface area contributed by atoms with Crippen LogP contribution in [-0.2, 0) is 41.7 Å². The average Bonchev–Trinajstić information content (AvgIpc) is 3.10. The number of esters is 1. The Kier molecular flexibility index (Phi) is 21.2. The molecule has 0 heterocycles. The van der Waals surface area contributed by atoms with Crippen molar-refractivity contribution in [2.24, 2.45) is 5.73 Å². The molecule has 0 radical (unpaired) electrons. The molecule has 0 fully saturated rings. The normalized spacial score (nSPS) is 12.4. The summed E-state index contributed by atoms with van der Waals surface area (Å²) in [5.41, 5.74) is 7.14. The molecule has 0 aliphatic carbocycles. The highest BCUT2D eigenvalue weighted by Gasteiger charge is 2.38. The standard InChI is InChI=1S/C32H45N5O8.C2HF3O2/c1-2-44-30(41)27(21-23-13-5-3-6-14-23)35-28(38)25(36-31(42)37-26(29(39)40)18-9-11-19-33)17-10-12-20-34-32(43)45-22-24-15-7-4-8-16-24;3-2(4,5)1(6)7/h3-8,13-16,25-27H,2,9-12,17-22,33H2,1H3,(H,34,43)(H,35,38)(H,39,40)(H2,36,37,42);(H,6,7)/t25-,26+,27?;/m1./s1. The lowest BCUT2D eigenvalue weighted by Crippen LogP contribution is -2.56. The first-order valence-electron chi connectivity index (χ1n) is 16.4. The van der Waals surface area contributed by atoms with Gasteiger partial charge in [-0.2, -0.15) is 13.2 Å². The van der Waals surface area contributed by atoms with E-state index in [4.69, 9.17) is 25.1 Å². The molecule has 0 bridgehead atoms. The molecular weight excluding hydrogens is 695 g/mol. The second-order valence-electron chi connectivity index (χ2n) is 11.1. The third kappa shape index (κ3) is 19.7. The number of unbranched alkanes of at least 4 members (excludes halogenated alkanes) is 2. The summed E-state index contributed by atoms with van der Waals surface area (Å²) in [6, 6.07) is 14.2. The van der Waals surface area contributed by atoms with Gasteiger partial charge in [0.05, 0.1) is 6.61 Å². The Morgan fingerprint density at radius 1 is 0.750 bits per heavy atom. The molecule has 15 nitrogen and oxygen atoms in total. The Bertz CT molecular complexity index is 1400. The number of hydrogen-bond donors (Lipinski definition) is 7. The number of rotatable bonds is 20. The number of aliphatic carboxylic acids is 2. The summed E-state index contributed by atoms with van der Waals surface area (Å²) >= 11 is 0. The van der Waals surface area contributed by atoms with Crippen LogP contribution in [0.5, 0.6) is 0 Å². The van der Waals surface area contributed by atoms with Gasteiger partial charge >= 0.3 is 36.2 Å². The number of alkyl halides is 3. The number of carbonyl (C=O) groups excluding carboxylic acids is 4. The van der Waals surface area contributed by atoms with Crippen LogP contribution in [0.1, 0.15) is 56.6 Å². The monoisotopic (exact) mass is 741 g/mol.